The highest BCUT2D eigenvalue weighted by Crippen LogP contribution is 2.14. The number of amidine groups is 1. The molecule has 0 spiro atoms. The van der Waals surface area contributed by atoms with E-state index in [1.807, 2.05) is 23.1 Å². The van der Waals surface area contributed by atoms with Crippen LogP contribution in [0, 0.1) is 0 Å². The second-order valence-corrected chi connectivity index (χ2v) is 5.61. The van der Waals surface area contributed by atoms with E-state index < -0.39 is 5.97 Å². The molecular formula is C15H18N2O4S. The number of carboxylic acid groups (broad SMARTS) is 1. The van der Waals surface area contributed by atoms with Crippen molar-refractivity contribution in [3.63, 3.8) is 0 Å². The van der Waals surface area contributed by atoms with Gasteiger partial charge in [0.1, 0.15) is 6.54 Å². The Kier molecular flexibility index (Phi) is 6.42. The maximum atomic E-state index is 12.1. The fraction of sp³-hybridized carbons (Fsp3) is 0.400. The van der Waals surface area contributed by atoms with Crippen molar-refractivity contribution in [2.75, 3.05) is 38.6 Å². The SMILES string of the molecule is O=C(O)CN=C(SCC(=O)c1ccccc1)N1CCOCC1. The number of carbonyl (C=O) groups excluding carboxylic acids is 1. The number of hydrogen-bond acceptors (Lipinski definition) is 5. The number of carbonyl (C=O) groups is 2. The third kappa shape index (κ3) is 5.16. The molecule has 7 heteroatoms. The summed E-state index contributed by atoms with van der Waals surface area (Å²) < 4.78 is 5.28. The molecule has 1 N–H and O–H groups in total. The number of carboxylic acids is 1. The first-order chi connectivity index (χ1) is 10.7. The van der Waals surface area contributed by atoms with Gasteiger partial charge in [-0.15, -0.1) is 0 Å². The third-order valence-electron chi connectivity index (χ3n) is 3.06. The first kappa shape index (κ1) is 16.5. The minimum atomic E-state index is -0.985. The average molecular weight is 322 g/mol. The Morgan fingerprint density at radius 3 is 2.55 bits per heavy atom. The maximum Gasteiger partial charge on any atom is 0.325 e. The average Bonchev–Trinajstić information content (AvgIpc) is 2.56. The molecule has 0 amide bonds. The molecule has 0 saturated carbocycles. The molecule has 0 bridgehead atoms. The largest absolute Gasteiger partial charge is 0.480 e. The van der Waals surface area contributed by atoms with Crippen LogP contribution in [-0.2, 0) is 9.53 Å². The Morgan fingerprint density at radius 1 is 1.23 bits per heavy atom. The van der Waals surface area contributed by atoms with Crippen LogP contribution >= 0.6 is 11.8 Å². The van der Waals surface area contributed by atoms with Gasteiger partial charge in [0, 0.05) is 18.7 Å². The van der Waals surface area contributed by atoms with Crippen LogP contribution in [0.4, 0.5) is 0 Å². The number of benzene rings is 1. The van der Waals surface area contributed by atoms with Crippen molar-refractivity contribution in [3.05, 3.63) is 35.9 Å². The summed E-state index contributed by atoms with van der Waals surface area (Å²) in [5, 5.41) is 9.38. The number of aliphatic imine (C=N–C) groups is 1. The molecule has 118 valence electrons. The normalized spacial score (nSPS) is 15.6. The number of thioether (sulfide) groups is 1. The Balaban J connectivity index is 1.98. The minimum absolute atomic E-state index is 0.00174. The highest BCUT2D eigenvalue weighted by atomic mass is 32.2. The van der Waals surface area contributed by atoms with Gasteiger partial charge in [0.2, 0.25) is 0 Å². The summed E-state index contributed by atoms with van der Waals surface area (Å²) in [6.07, 6.45) is 0. The summed E-state index contributed by atoms with van der Waals surface area (Å²) in [4.78, 5) is 28.9. The van der Waals surface area contributed by atoms with Crippen molar-refractivity contribution in [2.45, 2.75) is 0 Å². The molecule has 0 unspecified atom stereocenters. The summed E-state index contributed by atoms with van der Waals surface area (Å²) >= 11 is 1.28. The van der Waals surface area contributed by atoms with Crippen molar-refractivity contribution in [3.8, 4) is 0 Å². The highest BCUT2D eigenvalue weighted by molar-refractivity contribution is 8.14. The second-order valence-electron chi connectivity index (χ2n) is 4.67. The molecule has 0 atom stereocenters. The highest BCUT2D eigenvalue weighted by Gasteiger charge is 2.17. The van der Waals surface area contributed by atoms with E-state index in [4.69, 9.17) is 9.84 Å². The quantitative estimate of drug-likeness (QED) is 0.501. The van der Waals surface area contributed by atoms with E-state index in [1.165, 1.54) is 11.8 Å². The lowest BCUT2D eigenvalue weighted by Gasteiger charge is -2.29. The van der Waals surface area contributed by atoms with Crippen LogP contribution < -0.4 is 0 Å². The van der Waals surface area contributed by atoms with Crippen LogP contribution in [0.5, 0.6) is 0 Å². The fourth-order valence-corrected chi connectivity index (χ4v) is 2.91. The molecule has 6 nitrogen and oxygen atoms in total. The number of hydrogen-bond donors (Lipinski definition) is 1. The van der Waals surface area contributed by atoms with E-state index in [1.54, 1.807) is 12.1 Å². The number of Topliss-reactive ketones (excluding diaryl/α,β-unsaturated/α-hetero) is 1. The van der Waals surface area contributed by atoms with Gasteiger partial charge in [-0.2, -0.15) is 0 Å². The molecular weight excluding hydrogens is 304 g/mol. The van der Waals surface area contributed by atoms with Gasteiger partial charge >= 0.3 is 5.97 Å². The molecule has 22 heavy (non-hydrogen) atoms. The fourth-order valence-electron chi connectivity index (χ4n) is 1.96. The van der Waals surface area contributed by atoms with Gasteiger partial charge in [-0.05, 0) is 0 Å². The van der Waals surface area contributed by atoms with E-state index >= 15 is 0 Å². The molecule has 0 aliphatic carbocycles. The molecule has 1 saturated heterocycles. The van der Waals surface area contributed by atoms with E-state index in [0.29, 0.717) is 37.0 Å². The lowest BCUT2D eigenvalue weighted by molar-refractivity contribution is -0.135. The molecule has 1 aromatic rings. The van der Waals surface area contributed by atoms with Crippen LogP contribution in [0.2, 0.25) is 0 Å². The summed E-state index contributed by atoms with van der Waals surface area (Å²) in [6, 6.07) is 9.04. The monoisotopic (exact) mass is 322 g/mol. The summed E-state index contributed by atoms with van der Waals surface area (Å²) in [5.41, 5.74) is 0.648. The molecule has 2 rings (SSSR count). The molecule has 0 radical (unpaired) electrons. The summed E-state index contributed by atoms with van der Waals surface area (Å²) in [5.74, 6) is -0.748. The van der Waals surface area contributed by atoms with Crippen LogP contribution in [-0.4, -0.2) is 65.5 Å². The maximum absolute atomic E-state index is 12.1. The molecule has 1 aromatic carbocycles. The first-order valence-corrected chi connectivity index (χ1v) is 7.95. The first-order valence-electron chi connectivity index (χ1n) is 6.97. The van der Waals surface area contributed by atoms with Crippen LogP contribution in [0.3, 0.4) is 0 Å². The lowest BCUT2D eigenvalue weighted by Crippen LogP contribution is -2.40. The van der Waals surface area contributed by atoms with E-state index in [0.717, 1.165) is 0 Å². The number of nitrogens with zero attached hydrogens (tertiary/aromatic N) is 2. The number of ether oxygens (including phenoxy) is 1. The molecule has 1 heterocycles. The Labute approximate surface area is 133 Å². The van der Waals surface area contributed by atoms with Crippen molar-refractivity contribution in [1.82, 2.24) is 4.90 Å². The van der Waals surface area contributed by atoms with Crippen molar-refractivity contribution < 1.29 is 19.4 Å². The molecule has 1 aliphatic rings. The second kappa shape index (κ2) is 8.55. The zero-order valence-electron chi connectivity index (χ0n) is 12.1. The predicted octanol–water partition coefficient (Wildman–Crippen LogP) is 1.38. The topological polar surface area (TPSA) is 79.2 Å². The van der Waals surface area contributed by atoms with E-state index in [2.05, 4.69) is 4.99 Å². The van der Waals surface area contributed by atoms with Gasteiger partial charge in [-0.25, -0.2) is 0 Å². The number of ketones is 1. The number of morpholine rings is 1. The lowest BCUT2D eigenvalue weighted by atomic mass is 10.2. The van der Waals surface area contributed by atoms with Gasteiger partial charge in [0.05, 0.1) is 19.0 Å². The van der Waals surface area contributed by atoms with E-state index in [9.17, 15) is 9.59 Å². The van der Waals surface area contributed by atoms with E-state index in [-0.39, 0.29) is 18.1 Å². The van der Waals surface area contributed by atoms with Gasteiger partial charge < -0.3 is 14.7 Å². The Bertz CT molecular complexity index is 542. The van der Waals surface area contributed by atoms with Gasteiger partial charge in [0.15, 0.2) is 11.0 Å². The van der Waals surface area contributed by atoms with Crippen LogP contribution in [0.15, 0.2) is 35.3 Å². The number of aliphatic carboxylic acids is 1. The molecule has 1 fully saturated rings. The molecule has 0 aromatic heterocycles. The Hall–Kier alpha value is -1.86. The zero-order chi connectivity index (χ0) is 15.8. The van der Waals surface area contributed by atoms with Crippen molar-refractivity contribution >= 4 is 28.7 Å². The van der Waals surface area contributed by atoms with Crippen LogP contribution in [0.1, 0.15) is 10.4 Å². The Morgan fingerprint density at radius 2 is 1.91 bits per heavy atom. The van der Waals surface area contributed by atoms with Gasteiger partial charge in [0.25, 0.3) is 0 Å². The minimum Gasteiger partial charge on any atom is -0.480 e. The zero-order valence-corrected chi connectivity index (χ0v) is 12.9. The number of rotatable bonds is 5. The predicted molar refractivity (Wildman–Crippen MR) is 85.6 cm³/mol. The summed E-state index contributed by atoms with van der Waals surface area (Å²) in [7, 11) is 0. The standard InChI is InChI=1S/C15H18N2O4S/c18-13(12-4-2-1-3-5-12)11-22-15(16-10-14(19)20)17-6-8-21-9-7-17/h1-5H,6-11H2,(H,19,20). The van der Waals surface area contributed by atoms with Crippen LogP contribution in [0.25, 0.3) is 0 Å². The van der Waals surface area contributed by atoms with Crippen molar-refractivity contribution in [2.24, 2.45) is 4.99 Å². The summed E-state index contributed by atoms with van der Waals surface area (Å²) in [6.45, 7) is 2.19. The molecule has 1 aliphatic heterocycles. The smallest absolute Gasteiger partial charge is 0.325 e. The van der Waals surface area contributed by atoms with Gasteiger partial charge in [-0.1, -0.05) is 42.1 Å². The third-order valence-corrected chi connectivity index (χ3v) is 4.11. The van der Waals surface area contributed by atoms with Gasteiger partial charge in [-0.3, -0.25) is 14.6 Å². The van der Waals surface area contributed by atoms with Crippen molar-refractivity contribution in [1.29, 1.82) is 0 Å².